The Hall–Kier alpha value is -7.29. The molecule has 0 saturated carbocycles. The van der Waals surface area contributed by atoms with Gasteiger partial charge in [0.1, 0.15) is 49.3 Å². The number of carbonyl (C=O) groups excluding carboxylic acids is 4. The van der Waals surface area contributed by atoms with Gasteiger partial charge in [0.25, 0.3) is 0 Å². The first-order chi connectivity index (χ1) is 29.9. The minimum absolute atomic E-state index is 0.146. The lowest BCUT2D eigenvalue weighted by atomic mass is 10.1. The first kappa shape index (κ1) is 45.8. The van der Waals surface area contributed by atoms with Crippen molar-refractivity contribution in [1.29, 1.82) is 0 Å². The summed E-state index contributed by atoms with van der Waals surface area (Å²) in [6.45, 7) is 0.152. The fourth-order valence-electron chi connectivity index (χ4n) is 6.03. The van der Waals surface area contributed by atoms with E-state index >= 15 is 0 Å². The van der Waals surface area contributed by atoms with Crippen LogP contribution in [0, 0.1) is 0 Å². The molecule has 0 N–H and O–H groups in total. The molecule has 15 nitrogen and oxygen atoms in total. The maximum atomic E-state index is 13.3. The summed E-state index contributed by atoms with van der Waals surface area (Å²) >= 11 is 0. The molecule has 5 aromatic rings. The van der Waals surface area contributed by atoms with E-state index in [9.17, 15) is 19.2 Å². The lowest BCUT2D eigenvalue weighted by Crippen LogP contribution is -2.31. The van der Waals surface area contributed by atoms with E-state index in [2.05, 4.69) is 4.98 Å². The molecule has 326 valence electrons. The Balaban J connectivity index is 1.10. The van der Waals surface area contributed by atoms with E-state index < -0.39 is 24.1 Å². The number of benzene rings is 4. The minimum Gasteiger partial charge on any atom is -0.497 e. The highest BCUT2D eigenvalue weighted by molar-refractivity contribution is 5.91. The molecule has 1 heterocycles. The van der Waals surface area contributed by atoms with Crippen LogP contribution in [0.1, 0.15) is 43.2 Å². The highest BCUT2D eigenvalue weighted by Gasteiger charge is 2.20. The van der Waals surface area contributed by atoms with Gasteiger partial charge in [0, 0.05) is 65.7 Å². The number of hydrogen-bond donors (Lipinski definition) is 0. The average Bonchev–Trinajstić information content (AvgIpc) is 3.29. The third kappa shape index (κ3) is 13.9. The Morgan fingerprint density at radius 3 is 1.05 bits per heavy atom. The summed E-state index contributed by atoms with van der Waals surface area (Å²) in [6.07, 6.45) is -1.19. The summed E-state index contributed by atoms with van der Waals surface area (Å²) in [7, 11) is 11.0. The van der Waals surface area contributed by atoms with E-state index in [0.717, 1.165) is 33.6 Å². The van der Waals surface area contributed by atoms with Gasteiger partial charge in [-0.1, -0.05) is 54.6 Å². The second-order valence-electron chi connectivity index (χ2n) is 14.4. The van der Waals surface area contributed by atoms with Crippen LogP contribution < -0.4 is 19.3 Å². The van der Waals surface area contributed by atoms with Crippen LogP contribution in [-0.2, 0) is 45.1 Å². The van der Waals surface area contributed by atoms with Crippen LogP contribution in [0.15, 0.2) is 115 Å². The molecule has 15 heteroatoms. The number of anilines is 2. The topological polar surface area (TPSA) is 150 Å². The summed E-state index contributed by atoms with van der Waals surface area (Å²) in [4.78, 5) is 63.5. The van der Waals surface area contributed by atoms with Crippen molar-refractivity contribution < 1.29 is 47.6 Å². The fourth-order valence-corrected chi connectivity index (χ4v) is 6.03. The largest absolute Gasteiger partial charge is 0.497 e. The van der Waals surface area contributed by atoms with Crippen molar-refractivity contribution in [2.24, 2.45) is 0 Å². The number of rotatable bonds is 20. The van der Waals surface area contributed by atoms with Gasteiger partial charge in [0.05, 0.1) is 14.2 Å². The monoisotopic (exact) mass is 847 g/mol. The van der Waals surface area contributed by atoms with Crippen LogP contribution in [-0.4, -0.2) is 108 Å². The lowest BCUT2D eigenvalue weighted by molar-refractivity contribution is 0.0331. The predicted molar refractivity (Wildman–Crippen MR) is 234 cm³/mol. The molecular formula is C47H53N5O10. The van der Waals surface area contributed by atoms with Gasteiger partial charge in [-0.2, -0.15) is 0 Å². The SMILES string of the molecule is COc1ccc(CN(Cc2ccc(N(C)C)cc2)C(=O)OCCOC(=O)c2cccc(C(=O)OCCOC(=O)N(Cc3ccc(OC)cc3)Cc3ccc(N(C)C)cc3)n2)cc1. The van der Waals surface area contributed by atoms with Crippen molar-refractivity contribution in [1.82, 2.24) is 14.8 Å². The van der Waals surface area contributed by atoms with Gasteiger partial charge >= 0.3 is 24.1 Å². The second-order valence-corrected chi connectivity index (χ2v) is 14.4. The number of pyridine rings is 1. The van der Waals surface area contributed by atoms with E-state index in [0.29, 0.717) is 11.5 Å². The van der Waals surface area contributed by atoms with Crippen molar-refractivity contribution in [2.45, 2.75) is 26.2 Å². The molecule has 0 fully saturated rings. The van der Waals surface area contributed by atoms with Crippen molar-refractivity contribution >= 4 is 35.5 Å². The third-order valence-electron chi connectivity index (χ3n) is 9.49. The number of aromatic nitrogens is 1. The van der Waals surface area contributed by atoms with Gasteiger partial charge in [-0.15, -0.1) is 0 Å². The molecule has 0 aliphatic heterocycles. The quantitative estimate of drug-likeness (QED) is 0.0441. The Labute approximate surface area is 362 Å². The first-order valence-corrected chi connectivity index (χ1v) is 19.9. The van der Waals surface area contributed by atoms with Crippen molar-refractivity contribution in [3.63, 3.8) is 0 Å². The number of ether oxygens (including phenoxy) is 6. The Kier molecular flexibility index (Phi) is 16.9. The predicted octanol–water partition coefficient (Wildman–Crippen LogP) is 7.22. The zero-order valence-corrected chi connectivity index (χ0v) is 35.9. The van der Waals surface area contributed by atoms with E-state index in [1.54, 1.807) is 24.0 Å². The zero-order chi connectivity index (χ0) is 44.4. The average molecular weight is 848 g/mol. The third-order valence-corrected chi connectivity index (χ3v) is 9.49. The molecule has 0 aliphatic carbocycles. The number of esters is 2. The summed E-state index contributed by atoms with van der Waals surface area (Å²) < 4.78 is 32.2. The van der Waals surface area contributed by atoms with E-state index in [1.165, 1.54) is 18.2 Å². The van der Waals surface area contributed by atoms with Gasteiger partial charge in [-0.3, -0.25) is 9.80 Å². The first-order valence-electron chi connectivity index (χ1n) is 19.9. The van der Waals surface area contributed by atoms with E-state index in [1.807, 2.05) is 135 Å². The summed E-state index contributed by atoms with van der Waals surface area (Å²) in [5.74, 6) is -0.257. The van der Waals surface area contributed by atoms with E-state index in [4.69, 9.17) is 28.4 Å². The molecule has 0 spiro atoms. The lowest BCUT2D eigenvalue weighted by Gasteiger charge is -2.23. The van der Waals surface area contributed by atoms with Gasteiger partial charge in [0.2, 0.25) is 0 Å². The molecule has 0 saturated heterocycles. The van der Waals surface area contributed by atoms with Crippen LogP contribution in [0.5, 0.6) is 11.5 Å². The summed E-state index contributed by atoms with van der Waals surface area (Å²) in [5.41, 5.74) is 5.31. The Bertz CT molecular complexity index is 2060. The minimum atomic E-state index is -0.825. The van der Waals surface area contributed by atoms with Crippen LogP contribution in [0.25, 0.3) is 0 Å². The highest BCUT2D eigenvalue weighted by Crippen LogP contribution is 2.20. The molecule has 0 unspecified atom stereocenters. The zero-order valence-electron chi connectivity index (χ0n) is 35.9. The molecular weight excluding hydrogens is 795 g/mol. The molecule has 0 atom stereocenters. The smallest absolute Gasteiger partial charge is 0.410 e. The molecule has 0 aliphatic rings. The molecule has 0 radical (unpaired) electrons. The van der Waals surface area contributed by atoms with Gasteiger partial charge in [-0.25, -0.2) is 24.2 Å². The molecule has 5 rings (SSSR count). The van der Waals surface area contributed by atoms with Crippen molar-refractivity contribution in [3.05, 3.63) is 149 Å². The van der Waals surface area contributed by atoms with Gasteiger partial charge in [-0.05, 0) is 82.9 Å². The van der Waals surface area contributed by atoms with Crippen LogP contribution in [0.3, 0.4) is 0 Å². The maximum absolute atomic E-state index is 13.3. The second kappa shape index (κ2) is 22.9. The Morgan fingerprint density at radius 1 is 0.435 bits per heavy atom. The number of amides is 2. The molecule has 2 amide bonds. The molecule has 62 heavy (non-hydrogen) atoms. The molecule has 0 bridgehead atoms. The van der Waals surface area contributed by atoms with Crippen LogP contribution in [0.4, 0.5) is 21.0 Å². The molecule has 4 aromatic carbocycles. The number of methoxy groups -OCH3 is 2. The van der Waals surface area contributed by atoms with Gasteiger partial charge in [0.15, 0.2) is 0 Å². The standard InChI is InChI=1S/C47H53N5O10/c1-49(2)38-18-10-34(11-19-38)30-51(32-36-14-22-40(57-5)23-15-36)46(55)61-28-26-59-44(53)42-8-7-9-43(48-42)45(54)60-27-29-62-47(56)52(33-37-16-24-41(58-6)25-17-37)31-35-12-20-39(21-13-35)50(3)4/h7-25H,26-33H2,1-6H3. The maximum Gasteiger partial charge on any atom is 0.410 e. The highest BCUT2D eigenvalue weighted by atomic mass is 16.6. The van der Waals surface area contributed by atoms with Gasteiger partial charge < -0.3 is 38.2 Å². The number of hydrogen-bond acceptors (Lipinski definition) is 13. The van der Waals surface area contributed by atoms with Crippen LogP contribution >= 0.6 is 0 Å². The normalized spacial score (nSPS) is 10.5. The molecule has 1 aromatic heterocycles. The summed E-state index contributed by atoms with van der Waals surface area (Å²) in [6, 6.07) is 34.7. The van der Waals surface area contributed by atoms with Crippen molar-refractivity contribution in [2.75, 3.05) is 78.6 Å². The number of carbonyl (C=O) groups is 4. The van der Waals surface area contributed by atoms with Crippen LogP contribution in [0.2, 0.25) is 0 Å². The van der Waals surface area contributed by atoms with Crippen molar-refractivity contribution in [3.8, 4) is 11.5 Å². The number of nitrogens with zero attached hydrogens (tertiary/aromatic N) is 5. The van der Waals surface area contributed by atoms with E-state index in [-0.39, 0.29) is 64.0 Å². The summed E-state index contributed by atoms with van der Waals surface area (Å²) in [5, 5.41) is 0. The fraction of sp³-hybridized carbons (Fsp3) is 0.298. The Morgan fingerprint density at radius 2 is 0.742 bits per heavy atom.